The van der Waals surface area contributed by atoms with Gasteiger partial charge >= 0.3 is 12.2 Å². The van der Waals surface area contributed by atoms with Gasteiger partial charge in [0.15, 0.2) is 11.6 Å². The van der Waals surface area contributed by atoms with Crippen LogP contribution in [-0.4, -0.2) is 80.6 Å². The van der Waals surface area contributed by atoms with E-state index in [0.717, 1.165) is 33.5 Å². The van der Waals surface area contributed by atoms with Crippen molar-refractivity contribution in [3.05, 3.63) is 160 Å². The molecule has 75 heavy (non-hydrogen) atoms. The average Bonchev–Trinajstić information content (AvgIpc) is 4.02. The van der Waals surface area contributed by atoms with E-state index in [-0.39, 0.29) is 70.3 Å². The minimum absolute atomic E-state index is 0.00356. The first kappa shape index (κ1) is 53.1. The van der Waals surface area contributed by atoms with Gasteiger partial charge in [0.1, 0.15) is 6.61 Å². The summed E-state index contributed by atoms with van der Waals surface area (Å²) < 4.78 is 79.8. The molecule has 9 N–H and O–H groups in total. The monoisotopic (exact) mass is 1030 g/mol. The number of alkyl halides is 3. The van der Waals surface area contributed by atoms with Crippen molar-refractivity contribution >= 4 is 75.0 Å². The number of carbonyl (C=O) groups excluding carboxylic acids is 3. The second kappa shape index (κ2) is 24.2. The number of urea groups is 1. The number of para-hydroxylation sites is 1. The first-order valence-corrected chi connectivity index (χ1v) is 24.2. The van der Waals surface area contributed by atoms with Gasteiger partial charge in [-0.05, 0) is 85.1 Å². The fourth-order valence-corrected chi connectivity index (χ4v) is 8.50. The van der Waals surface area contributed by atoms with E-state index in [1.165, 1.54) is 5.01 Å². The summed E-state index contributed by atoms with van der Waals surface area (Å²) in [7, 11) is 0. The summed E-state index contributed by atoms with van der Waals surface area (Å²) >= 11 is 0. The lowest BCUT2D eigenvalue weighted by atomic mass is 9.95. The second-order valence-corrected chi connectivity index (χ2v) is 17.5. The number of amides is 4. The van der Waals surface area contributed by atoms with Gasteiger partial charge in [-0.15, -0.1) is 0 Å². The molecule has 6 aromatic rings. The fourth-order valence-electron chi connectivity index (χ4n) is 8.50. The lowest BCUT2D eigenvalue weighted by Crippen LogP contribution is -2.37. The average molecular weight is 1030 g/mol. The minimum Gasteiger partial charge on any atom is -0.488 e. The molecule has 2 aliphatic heterocycles. The number of nitrogens with one attached hydrogen (secondary N) is 5. The smallest absolute Gasteiger partial charge is 0.416 e. The van der Waals surface area contributed by atoms with Crippen LogP contribution in [0.2, 0.25) is 0 Å². The van der Waals surface area contributed by atoms with Gasteiger partial charge < -0.3 is 60.8 Å². The zero-order valence-electron chi connectivity index (χ0n) is 41.2. The van der Waals surface area contributed by atoms with Crippen LogP contribution in [0.3, 0.4) is 0 Å². The van der Waals surface area contributed by atoms with E-state index in [1.807, 2.05) is 74.5 Å². The molecule has 3 heterocycles. The van der Waals surface area contributed by atoms with Gasteiger partial charge in [-0.25, -0.2) is 15.0 Å². The molecular weight excluding hydrogens is 975 g/mol. The highest BCUT2D eigenvalue weighted by atomic mass is 19.4. The number of hydrogen-bond donors (Lipinski definition) is 7. The van der Waals surface area contributed by atoms with Gasteiger partial charge in [-0.2, -0.15) is 13.2 Å². The van der Waals surface area contributed by atoms with Crippen molar-refractivity contribution in [1.82, 2.24) is 9.99 Å². The number of anilines is 6. The standard InChI is InChI=1S/C55H57F4N9O7/c1-3-9-49(69)67-33-35-10-4-5-12-40(35)51(60)52(42-13-6-7-14-47(42)67)68(61)20-21-72-22-23-73-24-25-74-26-27-75-48-29-36(55(57,58)59)28-46(50(48)56)66-54(71)64-39-16-15-34(2)44(31-39)63-38-17-18-41-43(30-37-11-8-19-62-37)53(70)65-45(41)32-38/h4-8,10-19,28-32,62-63H,3,9,20-27,33,60-61H2,1-2H3,(H,65,70)(H2,64,66,71)/b43-30-,52-51-. The van der Waals surface area contributed by atoms with Crippen LogP contribution in [0.25, 0.3) is 23.0 Å². The van der Waals surface area contributed by atoms with Crippen LogP contribution < -0.4 is 42.5 Å². The van der Waals surface area contributed by atoms with E-state index < -0.39 is 35.0 Å². The molecule has 1 aromatic heterocycles. The van der Waals surface area contributed by atoms with Crippen LogP contribution in [0.15, 0.2) is 115 Å². The van der Waals surface area contributed by atoms with E-state index in [4.69, 9.17) is 30.5 Å². The summed E-state index contributed by atoms with van der Waals surface area (Å²) in [5.41, 5.74) is 13.8. The topological polar surface area (TPSA) is 211 Å². The van der Waals surface area contributed by atoms with Crippen LogP contribution in [0.1, 0.15) is 58.8 Å². The van der Waals surface area contributed by atoms with Crippen molar-refractivity contribution in [3.8, 4) is 5.75 Å². The zero-order valence-corrected chi connectivity index (χ0v) is 41.2. The Morgan fingerprint density at radius 3 is 2.24 bits per heavy atom. The van der Waals surface area contributed by atoms with Crippen molar-refractivity contribution in [2.45, 2.75) is 39.4 Å². The lowest BCUT2D eigenvalue weighted by Gasteiger charge is -2.33. The van der Waals surface area contributed by atoms with Crippen LogP contribution >= 0.6 is 0 Å². The molecule has 2 aliphatic rings. The third-order valence-electron chi connectivity index (χ3n) is 12.2. The van der Waals surface area contributed by atoms with E-state index in [9.17, 15) is 27.6 Å². The maximum atomic E-state index is 15.6. The lowest BCUT2D eigenvalue weighted by molar-refractivity contribution is -0.137. The Bertz CT molecular complexity index is 3090. The van der Waals surface area contributed by atoms with Crippen LogP contribution in [0.4, 0.5) is 56.5 Å². The van der Waals surface area contributed by atoms with Crippen molar-refractivity contribution in [2.75, 3.05) is 79.0 Å². The van der Waals surface area contributed by atoms with Crippen molar-refractivity contribution in [1.29, 1.82) is 0 Å². The molecule has 0 fully saturated rings. The van der Waals surface area contributed by atoms with Gasteiger partial charge in [0.2, 0.25) is 5.91 Å². The number of nitrogens with zero attached hydrogens (tertiary/aromatic N) is 2. The fraction of sp³-hybridized carbons (Fsp3) is 0.255. The highest BCUT2D eigenvalue weighted by Gasteiger charge is 2.34. The Morgan fingerprint density at radius 1 is 0.800 bits per heavy atom. The Kier molecular flexibility index (Phi) is 17.2. The SMILES string of the molecule is CCCC(=O)N1Cc2ccccc2/C(N)=C(/N(N)CCOCCOCCOCCOc2cc(C(F)(F)F)cc(NC(=O)Nc3ccc(C)c(Nc4ccc5c(c4)NC(=O)/C5=C\c4ccc[nH]4)c3)c2F)c2ccccc21. The predicted molar refractivity (Wildman–Crippen MR) is 281 cm³/mol. The van der Waals surface area contributed by atoms with Gasteiger partial charge in [-0.3, -0.25) is 9.59 Å². The number of rotatable bonds is 21. The molecule has 5 aromatic carbocycles. The third-order valence-corrected chi connectivity index (χ3v) is 12.2. The summed E-state index contributed by atoms with van der Waals surface area (Å²) in [4.78, 5) is 44.1. The van der Waals surface area contributed by atoms with Gasteiger partial charge in [0.05, 0.1) is 92.3 Å². The zero-order chi connectivity index (χ0) is 53.1. The Morgan fingerprint density at radius 2 is 1.51 bits per heavy atom. The van der Waals surface area contributed by atoms with Crippen molar-refractivity contribution in [2.24, 2.45) is 11.6 Å². The second-order valence-electron chi connectivity index (χ2n) is 17.5. The minimum atomic E-state index is -4.89. The number of hydrazine groups is 1. The molecule has 0 aliphatic carbocycles. The van der Waals surface area contributed by atoms with E-state index in [1.54, 1.807) is 53.6 Å². The Labute approximate surface area is 430 Å². The van der Waals surface area contributed by atoms with E-state index in [0.29, 0.717) is 71.2 Å². The highest BCUT2D eigenvalue weighted by Crippen LogP contribution is 2.40. The number of aromatic amines is 1. The number of hydrogen-bond acceptors (Lipinski definition) is 11. The molecule has 0 saturated heterocycles. The molecule has 0 atom stereocenters. The summed E-state index contributed by atoms with van der Waals surface area (Å²) in [6, 6.07) is 29.1. The van der Waals surface area contributed by atoms with Gasteiger partial charge in [-0.1, -0.05) is 61.5 Å². The molecule has 0 saturated carbocycles. The van der Waals surface area contributed by atoms with Crippen LogP contribution in [0.5, 0.6) is 5.75 Å². The normalized spacial score (nSPS) is 14.6. The molecule has 8 rings (SSSR count). The summed E-state index contributed by atoms with van der Waals surface area (Å²) in [5, 5.41) is 12.4. The quantitative estimate of drug-likeness (QED) is 0.0119. The van der Waals surface area contributed by atoms with Crippen LogP contribution in [-0.2, 0) is 36.5 Å². The molecule has 20 heteroatoms. The number of nitrogens with two attached hydrogens (primary N) is 2. The molecule has 0 unspecified atom stereocenters. The van der Waals surface area contributed by atoms with Crippen molar-refractivity contribution < 1.29 is 50.9 Å². The van der Waals surface area contributed by atoms with Crippen LogP contribution in [0, 0.1) is 12.7 Å². The summed E-state index contributed by atoms with van der Waals surface area (Å²) in [5.74, 6) is 4.46. The molecular formula is C55H57F4N9O7. The van der Waals surface area contributed by atoms with Gasteiger partial charge in [0, 0.05) is 52.1 Å². The number of benzene rings is 5. The first-order valence-electron chi connectivity index (χ1n) is 24.2. The summed E-state index contributed by atoms with van der Waals surface area (Å²) in [6.45, 7) is 4.92. The number of fused-ring (bicyclic) bond motifs is 3. The molecule has 16 nitrogen and oxygen atoms in total. The molecule has 0 radical (unpaired) electrons. The Balaban J connectivity index is 0.777. The highest BCUT2D eigenvalue weighted by molar-refractivity contribution is 6.35. The van der Waals surface area contributed by atoms with Crippen molar-refractivity contribution in [3.63, 3.8) is 0 Å². The third kappa shape index (κ3) is 13.1. The first-order chi connectivity index (χ1) is 36.2. The number of carbonyl (C=O) groups is 3. The molecule has 0 bridgehead atoms. The van der Waals surface area contributed by atoms with E-state index in [2.05, 4.69) is 26.3 Å². The van der Waals surface area contributed by atoms with Gasteiger partial charge in [0.25, 0.3) is 5.91 Å². The number of halogens is 4. The molecule has 0 spiro atoms. The number of aromatic nitrogens is 1. The van der Waals surface area contributed by atoms with E-state index >= 15 is 4.39 Å². The number of H-pyrrole nitrogens is 1. The Hall–Kier alpha value is -8.17. The maximum absolute atomic E-state index is 15.6. The maximum Gasteiger partial charge on any atom is 0.416 e. The number of aryl methyl sites for hydroxylation is 1. The number of ether oxygens (including phenoxy) is 4. The largest absolute Gasteiger partial charge is 0.488 e. The summed E-state index contributed by atoms with van der Waals surface area (Å²) in [6.07, 6.45) is -0.281. The predicted octanol–water partition coefficient (Wildman–Crippen LogP) is 10.1. The molecule has 4 amide bonds. The molecule has 392 valence electrons.